The van der Waals surface area contributed by atoms with Gasteiger partial charge in [-0.25, -0.2) is 0 Å². The van der Waals surface area contributed by atoms with E-state index in [0.717, 1.165) is 0 Å². The third-order valence-electron chi connectivity index (χ3n) is 1.50. The van der Waals surface area contributed by atoms with Crippen molar-refractivity contribution in [1.29, 1.82) is 0 Å². The summed E-state index contributed by atoms with van der Waals surface area (Å²) in [6, 6.07) is 0. The van der Waals surface area contributed by atoms with E-state index in [1.165, 1.54) is 6.92 Å². The van der Waals surface area contributed by atoms with Crippen molar-refractivity contribution in [1.82, 2.24) is 25.8 Å². The highest BCUT2D eigenvalue weighted by molar-refractivity contribution is 5.90. The van der Waals surface area contributed by atoms with Gasteiger partial charge in [-0.15, -0.1) is 5.10 Å². The van der Waals surface area contributed by atoms with Crippen LogP contribution in [0, 0.1) is 0 Å². The highest BCUT2D eigenvalue weighted by Crippen LogP contribution is 1.91. The number of carbonyl (C=O) groups is 2. The molecule has 0 atom stereocenters. The lowest BCUT2D eigenvalue weighted by molar-refractivity contribution is -0.118. The first-order valence-electron chi connectivity index (χ1n) is 4.30. The lowest BCUT2D eigenvalue weighted by atomic mass is 10.5. The van der Waals surface area contributed by atoms with Crippen LogP contribution in [0.1, 0.15) is 17.5 Å². The van der Waals surface area contributed by atoms with Gasteiger partial charge in [0, 0.05) is 20.0 Å². The van der Waals surface area contributed by atoms with Gasteiger partial charge in [-0.1, -0.05) is 0 Å². The van der Waals surface area contributed by atoms with E-state index in [1.807, 2.05) is 0 Å². The van der Waals surface area contributed by atoms with Gasteiger partial charge in [0.15, 0.2) is 0 Å². The summed E-state index contributed by atoms with van der Waals surface area (Å²) < 4.78 is 0. The molecule has 5 N–H and O–H groups in total. The average molecular weight is 212 g/mol. The highest BCUT2D eigenvalue weighted by atomic mass is 16.2. The zero-order valence-corrected chi connectivity index (χ0v) is 8.20. The van der Waals surface area contributed by atoms with E-state index in [-0.39, 0.29) is 17.7 Å². The van der Waals surface area contributed by atoms with Gasteiger partial charge in [-0.3, -0.25) is 14.7 Å². The molecule has 0 aliphatic heterocycles. The quantitative estimate of drug-likeness (QED) is 0.440. The van der Waals surface area contributed by atoms with Gasteiger partial charge in [0.2, 0.25) is 17.7 Å². The van der Waals surface area contributed by atoms with Gasteiger partial charge >= 0.3 is 0 Å². The molecule has 0 bridgehead atoms. The second kappa shape index (κ2) is 4.94. The van der Waals surface area contributed by atoms with Crippen LogP contribution in [-0.2, 0) is 4.79 Å². The van der Waals surface area contributed by atoms with Gasteiger partial charge in [0.05, 0.1) is 0 Å². The van der Waals surface area contributed by atoms with Crippen LogP contribution in [0.25, 0.3) is 0 Å². The maximum atomic E-state index is 11.3. The van der Waals surface area contributed by atoms with Gasteiger partial charge in [0.1, 0.15) is 0 Å². The molecule has 0 radical (unpaired) electrons. The summed E-state index contributed by atoms with van der Waals surface area (Å²) in [5.74, 6) is -0.491. The van der Waals surface area contributed by atoms with E-state index in [4.69, 9.17) is 5.73 Å². The Kier molecular flexibility index (Phi) is 3.61. The molecule has 0 aromatic carbocycles. The number of nitrogens with one attached hydrogen (secondary N) is 3. The molecule has 0 unspecified atom stereocenters. The lowest BCUT2D eigenvalue weighted by Gasteiger charge is -2.02. The fourth-order valence-electron chi connectivity index (χ4n) is 0.875. The second-order valence-electron chi connectivity index (χ2n) is 2.78. The summed E-state index contributed by atoms with van der Waals surface area (Å²) in [7, 11) is 0. The maximum absolute atomic E-state index is 11.3. The summed E-state index contributed by atoms with van der Waals surface area (Å²) in [5.41, 5.74) is 5.22. The predicted octanol–water partition coefficient (Wildman–Crippen LogP) is -1.75. The maximum Gasteiger partial charge on any atom is 0.288 e. The number of carbonyl (C=O) groups excluding carboxylic acids is 2. The SMILES string of the molecule is CC(=O)NCCNC(=O)c1nc(N)n[nH]1. The van der Waals surface area contributed by atoms with E-state index in [2.05, 4.69) is 25.8 Å². The number of hydrogen-bond donors (Lipinski definition) is 4. The number of hydrogen-bond acceptors (Lipinski definition) is 5. The first-order chi connectivity index (χ1) is 7.09. The van der Waals surface area contributed by atoms with Crippen molar-refractivity contribution < 1.29 is 9.59 Å². The first kappa shape index (κ1) is 11.0. The summed E-state index contributed by atoms with van der Waals surface area (Å²) in [6.45, 7) is 2.09. The molecule has 1 rings (SSSR count). The monoisotopic (exact) mass is 212 g/mol. The highest BCUT2D eigenvalue weighted by Gasteiger charge is 2.09. The Morgan fingerprint density at radius 1 is 1.40 bits per heavy atom. The van der Waals surface area contributed by atoms with Crippen molar-refractivity contribution in [2.75, 3.05) is 18.8 Å². The molecule has 1 heterocycles. The minimum absolute atomic E-state index is 0.0158. The first-order valence-corrected chi connectivity index (χ1v) is 4.30. The molecule has 8 nitrogen and oxygen atoms in total. The number of anilines is 1. The minimum Gasteiger partial charge on any atom is -0.366 e. The smallest absolute Gasteiger partial charge is 0.288 e. The molecule has 0 saturated heterocycles. The van der Waals surface area contributed by atoms with Crippen molar-refractivity contribution in [2.45, 2.75) is 6.92 Å². The van der Waals surface area contributed by atoms with Gasteiger partial charge in [0.25, 0.3) is 5.91 Å². The molecule has 15 heavy (non-hydrogen) atoms. The van der Waals surface area contributed by atoms with Crippen LogP contribution in [0.2, 0.25) is 0 Å². The molecule has 1 aromatic rings. The number of nitrogens with zero attached hydrogens (tertiary/aromatic N) is 2. The number of nitrogens with two attached hydrogens (primary N) is 1. The Hall–Kier alpha value is -2.12. The summed E-state index contributed by atoms with van der Waals surface area (Å²) in [5, 5.41) is 10.9. The van der Waals surface area contributed by atoms with E-state index >= 15 is 0 Å². The Bertz CT molecular complexity index is 360. The Labute approximate surface area is 85.6 Å². The molecular weight excluding hydrogens is 200 g/mol. The fourth-order valence-corrected chi connectivity index (χ4v) is 0.875. The Morgan fingerprint density at radius 2 is 2.07 bits per heavy atom. The number of aromatic nitrogens is 3. The van der Waals surface area contributed by atoms with Crippen molar-refractivity contribution in [3.8, 4) is 0 Å². The van der Waals surface area contributed by atoms with Gasteiger partial charge in [-0.05, 0) is 0 Å². The van der Waals surface area contributed by atoms with Crippen LogP contribution in [0.15, 0.2) is 0 Å². The van der Waals surface area contributed by atoms with Crippen molar-refractivity contribution in [2.24, 2.45) is 0 Å². The molecule has 0 spiro atoms. The number of amides is 2. The third kappa shape index (κ3) is 3.63. The minimum atomic E-state index is -0.412. The normalized spacial score (nSPS) is 9.67. The molecule has 1 aromatic heterocycles. The van der Waals surface area contributed by atoms with E-state index in [1.54, 1.807) is 0 Å². The number of H-pyrrole nitrogens is 1. The lowest BCUT2D eigenvalue weighted by Crippen LogP contribution is -2.34. The van der Waals surface area contributed by atoms with Crippen molar-refractivity contribution >= 4 is 17.8 Å². The van der Waals surface area contributed by atoms with Crippen LogP contribution in [0.5, 0.6) is 0 Å². The standard InChI is InChI=1S/C7H12N6O2/c1-4(14)9-2-3-10-6(15)5-11-7(8)13-12-5/h2-3H2,1H3,(H,9,14)(H,10,15)(H3,8,11,12,13). The molecule has 0 aliphatic carbocycles. The van der Waals surface area contributed by atoms with Crippen LogP contribution in [-0.4, -0.2) is 40.1 Å². The van der Waals surface area contributed by atoms with E-state index in [0.29, 0.717) is 13.1 Å². The van der Waals surface area contributed by atoms with E-state index in [9.17, 15) is 9.59 Å². The Morgan fingerprint density at radius 3 is 2.60 bits per heavy atom. The number of rotatable bonds is 4. The second-order valence-corrected chi connectivity index (χ2v) is 2.78. The Balaban J connectivity index is 2.28. The zero-order chi connectivity index (χ0) is 11.3. The largest absolute Gasteiger partial charge is 0.366 e. The molecule has 0 saturated carbocycles. The van der Waals surface area contributed by atoms with Crippen LogP contribution >= 0.6 is 0 Å². The molecule has 0 fully saturated rings. The molecule has 82 valence electrons. The fraction of sp³-hybridized carbons (Fsp3) is 0.429. The van der Waals surface area contributed by atoms with E-state index < -0.39 is 5.91 Å². The van der Waals surface area contributed by atoms with Crippen LogP contribution in [0.4, 0.5) is 5.95 Å². The number of nitrogen functional groups attached to an aromatic ring is 1. The van der Waals surface area contributed by atoms with Crippen molar-refractivity contribution in [3.63, 3.8) is 0 Å². The van der Waals surface area contributed by atoms with Crippen LogP contribution in [0.3, 0.4) is 0 Å². The molecular formula is C7H12N6O2. The van der Waals surface area contributed by atoms with Crippen LogP contribution < -0.4 is 16.4 Å². The zero-order valence-electron chi connectivity index (χ0n) is 8.20. The third-order valence-corrected chi connectivity index (χ3v) is 1.50. The summed E-state index contributed by atoms with van der Waals surface area (Å²) >= 11 is 0. The number of aromatic amines is 1. The van der Waals surface area contributed by atoms with Gasteiger partial charge in [-0.2, -0.15) is 4.98 Å². The molecule has 0 aliphatic rings. The molecule has 2 amide bonds. The molecule has 8 heteroatoms. The average Bonchev–Trinajstić information content (AvgIpc) is 2.59. The predicted molar refractivity (Wildman–Crippen MR) is 51.8 cm³/mol. The summed E-state index contributed by atoms with van der Waals surface area (Å²) in [6.07, 6.45) is 0. The van der Waals surface area contributed by atoms with Gasteiger partial charge < -0.3 is 16.4 Å². The topological polar surface area (TPSA) is 126 Å². The summed E-state index contributed by atoms with van der Waals surface area (Å²) in [4.78, 5) is 25.4. The van der Waals surface area contributed by atoms with Crippen molar-refractivity contribution in [3.05, 3.63) is 5.82 Å².